The Morgan fingerprint density at radius 1 is 0.935 bits per heavy atom. The second-order valence-electron chi connectivity index (χ2n) is 8.27. The number of amides is 1. The van der Waals surface area contributed by atoms with E-state index >= 15 is 0 Å². The largest absolute Gasteiger partial charge is 0.490 e. The van der Waals surface area contributed by atoms with E-state index in [1.54, 1.807) is 35.2 Å². The van der Waals surface area contributed by atoms with Crippen LogP contribution in [0.2, 0.25) is 0 Å². The molecule has 2 aromatic rings. The van der Waals surface area contributed by atoms with Gasteiger partial charge in [0.2, 0.25) is 15.9 Å². The summed E-state index contributed by atoms with van der Waals surface area (Å²) in [7, 11) is -3.50. The molecule has 0 unspecified atom stereocenters. The summed E-state index contributed by atoms with van der Waals surface area (Å²) in [5.74, 6) is 0.954. The van der Waals surface area contributed by atoms with Crippen molar-refractivity contribution >= 4 is 15.9 Å². The van der Waals surface area contributed by atoms with E-state index < -0.39 is 10.0 Å². The van der Waals surface area contributed by atoms with Gasteiger partial charge in [-0.05, 0) is 61.9 Å². The third kappa shape index (κ3) is 5.46. The highest BCUT2D eigenvalue weighted by atomic mass is 32.2. The van der Waals surface area contributed by atoms with Crippen LogP contribution in [0.3, 0.4) is 0 Å². The monoisotopic (exact) mass is 442 g/mol. The lowest BCUT2D eigenvalue weighted by Gasteiger charge is -2.34. The van der Waals surface area contributed by atoms with Crippen molar-refractivity contribution in [1.29, 1.82) is 0 Å². The lowest BCUT2D eigenvalue weighted by molar-refractivity contribution is -0.132. The van der Waals surface area contributed by atoms with E-state index in [0.717, 1.165) is 24.2 Å². The van der Waals surface area contributed by atoms with Gasteiger partial charge in [-0.1, -0.05) is 30.3 Å². The van der Waals surface area contributed by atoms with Crippen molar-refractivity contribution in [2.24, 2.45) is 0 Å². The van der Waals surface area contributed by atoms with Gasteiger partial charge in [0, 0.05) is 32.6 Å². The van der Waals surface area contributed by atoms with E-state index in [2.05, 4.69) is 0 Å². The minimum Gasteiger partial charge on any atom is -0.490 e. The lowest BCUT2D eigenvalue weighted by Crippen LogP contribution is -2.50. The van der Waals surface area contributed by atoms with Crippen LogP contribution >= 0.6 is 0 Å². The van der Waals surface area contributed by atoms with E-state index in [0.29, 0.717) is 50.0 Å². The number of carbonyl (C=O) groups excluding carboxylic acids is 1. The number of ether oxygens (including phenoxy) is 1. The molecule has 6 nitrogen and oxygen atoms in total. The zero-order valence-electron chi connectivity index (χ0n) is 17.8. The molecule has 31 heavy (non-hydrogen) atoms. The van der Waals surface area contributed by atoms with Crippen molar-refractivity contribution in [3.8, 4) is 5.75 Å². The molecule has 7 heteroatoms. The van der Waals surface area contributed by atoms with Gasteiger partial charge in [0.05, 0.1) is 11.0 Å². The van der Waals surface area contributed by atoms with Gasteiger partial charge < -0.3 is 9.64 Å². The molecule has 1 aliphatic heterocycles. The van der Waals surface area contributed by atoms with E-state index in [1.807, 2.05) is 24.3 Å². The molecule has 0 spiro atoms. The van der Waals surface area contributed by atoms with E-state index in [1.165, 1.54) is 17.1 Å². The highest BCUT2D eigenvalue weighted by molar-refractivity contribution is 7.89. The maximum absolute atomic E-state index is 12.7. The van der Waals surface area contributed by atoms with E-state index in [-0.39, 0.29) is 5.91 Å². The Morgan fingerprint density at radius 3 is 2.35 bits per heavy atom. The van der Waals surface area contributed by atoms with Crippen LogP contribution < -0.4 is 4.74 Å². The minimum atomic E-state index is -3.50. The summed E-state index contributed by atoms with van der Waals surface area (Å²) in [5.41, 5.74) is 1.09. The molecule has 1 amide bonds. The van der Waals surface area contributed by atoms with Crippen molar-refractivity contribution in [2.75, 3.05) is 26.2 Å². The smallest absolute Gasteiger partial charge is 0.243 e. The van der Waals surface area contributed by atoms with Gasteiger partial charge >= 0.3 is 0 Å². The van der Waals surface area contributed by atoms with Gasteiger partial charge in [0.15, 0.2) is 0 Å². The molecule has 1 saturated heterocycles. The summed E-state index contributed by atoms with van der Waals surface area (Å²) < 4.78 is 33.0. The third-order valence-corrected chi connectivity index (χ3v) is 8.02. The number of aryl methyl sites for hydroxylation is 1. The van der Waals surface area contributed by atoms with Crippen LogP contribution in [0.5, 0.6) is 5.75 Å². The van der Waals surface area contributed by atoms with Crippen LogP contribution in [-0.2, 0) is 21.2 Å². The Bertz CT molecular complexity index is 980. The third-order valence-electron chi connectivity index (χ3n) is 6.10. The summed E-state index contributed by atoms with van der Waals surface area (Å²) in [6, 6.07) is 16.5. The molecule has 2 fully saturated rings. The van der Waals surface area contributed by atoms with Gasteiger partial charge in [-0.2, -0.15) is 4.31 Å². The standard InChI is InChI=1S/C24H30N2O4S/c27-24(14-13-20-7-6-10-22(19-20)30-21-8-4-5-9-21)25-15-17-26(18-16-25)31(28,29)23-11-2-1-3-12-23/h1-3,6-7,10-12,19,21H,4-5,8-9,13-18H2. The van der Waals surface area contributed by atoms with Crippen molar-refractivity contribution in [2.45, 2.75) is 49.5 Å². The molecule has 2 aromatic carbocycles. The summed E-state index contributed by atoms with van der Waals surface area (Å²) in [6.07, 6.45) is 6.10. The molecular formula is C24H30N2O4S. The number of benzene rings is 2. The molecule has 166 valence electrons. The number of hydrogen-bond donors (Lipinski definition) is 0. The van der Waals surface area contributed by atoms with Crippen molar-refractivity contribution in [3.63, 3.8) is 0 Å². The zero-order valence-corrected chi connectivity index (χ0v) is 18.6. The molecule has 1 heterocycles. The van der Waals surface area contributed by atoms with E-state index in [4.69, 9.17) is 4.74 Å². The van der Waals surface area contributed by atoms with Crippen LogP contribution in [0, 0.1) is 0 Å². The first-order chi connectivity index (χ1) is 15.0. The zero-order chi connectivity index (χ0) is 21.7. The second kappa shape index (κ2) is 9.83. The molecule has 4 rings (SSSR count). The van der Waals surface area contributed by atoms with Crippen LogP contribution in [-0.4, -0.2) is 55.8 Å². The highest BCUT2D eigenvalue weighted by Gasteiger charge is 2.29. The van der Waals surface area contributed by atoms with Crippen LogP contribution in [0.1, 0.15) is 37.7 Å². The molecule has 0 N–H and O–H groups in total. The molecule has 0 atom stereocenters. The van der Waals surface area contributed by atoms with E-state index in [9.17, 15) is 13.2 Å². The summed E-state index contributed by atoms with van der Waals surface area (Å²) in [6.45, 7) is 1.51. The fourth-order valence-corrected chi connectivity index (χ4v) is 5.74. The number of sulfonamides is 1. The maximum atomic E-state index is 12.7. The van der Waals surface area contributed by atoms with Gasteiger partial charge in [0.25, 0.3) is 0 Å². The number of nitrogens with zero attached hydrogens (tertiary/aromatic N) is 2. The number of carbonyl (C=O) groups is 1. The second-order valence-corrected chi connectivity index (χ2v) is 10.2. The van der Waals surface area contributed by atoms with Crippen LogP contribution in [0.4, 0.5) is 0 Å². The Kier molecular flexibility index (Phi) is 6.92. The molecule has 2 aliphatic rings. The lowest BCUT2D eigenvalue weighted by atomic mass is 10.1. The topological polar surface area (TPSA) is 66.9 Å². The summed E-state index contributed by atoms with van der Waals surface area (Å²) >= 11 is 0. The minimum absolute atomic E-state index is 0.0684. The summed E-state index contributed by atoms with van der Waals surface area (Å²) in [5, 5.41) is 0. The number of piperazine rings is 1. The van der Waals surface area contributed by atoms with Crippen LogP contribution in [0.15, 0.2) is 59.5 Å². The van der Waals surface area contributed by atoms with Crippen molar-refractivity contribution in [3.05, 3.63) is 60.2 Å². The molecule has 0 radical (unpaired) electrons. The van der Waals surface area contributed by atoms with Gasteiger partial charge in [-0.25, -0.2) is 8.42 Å². The first-order valence-corrected chi connectivity index (χ1v) is 12.5. The van der Waals surface area contributed by atoms with Gasteiger partial charge in [-0.15, -0.1) is 0 Å². The Morgan fingerprint density at radius 2 is 1.65 bits per heavy atom. The van der Waals surface area contributed by atoms with Crippen LogP contribution in [0.25, 0.3) is 0 Å². The number of rotatable bonds is 7. The average Bonchev–Trinajstić information content (AvgIpc) is 3.31. The van der Waals surface area contributed by atoms with Gasteiger partial charge in [0.1, 0.15) is 5.75 Å². The SMILES string of the molecule is O=C(CCc1cccc(OC2CCCC2)c1)N1CCN(S(=O)(=O)c2ccccc2)CC1. The maximum Gasteiger partial charge on any atom is 0.243 e. The average molecular weight is 443 g/mol. The predicted molar refractivity (Wildman–Crippen MR) is 119 cm³/mol. The fraction of sp³-hybridized carbons (Fsp3) is 0.458. The van der Waals surface area contributed by atoms with Crippen molar-refractivity contribution in [1.82, 2.24) is 9.21 Å². The Hall–Kier alpha value is -2.38. The van der Waals surface area contributed by atoms with Gasteiger partial charge in [-0.3, -0.25) is 4.79 Å². The molecule has 0 aromatic heterocycles. The first kappa shape index (κ1) is 21.8. The number of hydrogen-bond acceptors (Lipinski definition) is 4. The Balaban J connectivity index is 1.27. The highest BCUT2D eigenvalue weighted by Crippen LogP contribution is 2.25. The molecule has 1 aliphatic carbocycles. The Labute approximate surface area is 184 Å². The first-order valence-electron chi connectivity index (χ1n) is 11.1. The fourth-order valence-electron chi connectivity index (χ4n) is 4.30. The molecule has 1 saturated carbocycles. The normalized spacial score (nSPS) is 18.3. The molecule has 0 bridgehead atoms. The van der Waals surface area contributed by atoms with Crippen molar-refractivity contribution < 1.29 is 17.9 Å². The predicted octanol–water partition coefficient (Wildman–Crippen LogP) is 3.47. The summed E-state index contributed by atoms with van der Waals surface area (Å²) in [4.78, 5) is 14.8. The quantitative estimate of drug-likeness (QED) is 0.659. The molecular weight excluding hydrogens is 412 g/mol.